The number of hydrogen-bond donors (Lipinski definition) is 2. The van der Waals surface area contributed by atoms with Crippen molar-refractivity contribution < 1.29 is 4.79 Å². The molecule has 0 aliphatic heterocycles. The largest absolute Gasteiger partial charge is 0.384 e. The maximum Gasteiger partial charge on any atom is 0.219 e. The van der Waals surface area contributed by atoms with E-state index < -0.39 is 0 Å². The number of hydrogen-bond acceptors (Lipinski definition) is 4. The van der Waals surface area contributed by atoms with Gasteiger partial charge in [-0.05, 0) is 12.1 Å². The van der Waals surface area contributed by atoms with Gasteiger partial charge in [0, 0.05) is 24.8 Å². The third kappa shape index (κ3) is 3.11. The van der Waals surface area contributed by atoms with Crippen molar-refractivity contribution in [3.63, 3.8) is 0 Å². The summed E-state index contributed by atoms with van der Waals surface area (Å²) in [4.78, 5) is 14.2. The molecule has 0 aliphatic rings. The van der Waals surface area contributed by atoms with Gasteiger partial charge in [0.05, 0.1) is 0 Å². The van der Waals surface area contributed by atoms with Crippen LogP contribution in [-0.2, 0) is 4.79 Å². The van der Waals surface area contributed by atoms with Crippen LogP contribution in [0.25, 0.3) is 0 Å². The van der Waals surface area contributed by atoms with Gasteiger partial charge in [0.15, 0.2) is 0 Å². The van der Waals surface area contributed by atoms with E-state index >= 15 is 0 Å². The summed E-state index contributed by atoms with van der Waals surface area (Å²) >= 11 is 0. The summed E-state index contributed by atoms with van der Waals surface area (Å²) < 4.78 is 0. The second kappa shape index (κ2) is 4.82. The Bertz CT molecular complexity index is 369. The van der Waals surface area contributed by atoms with E-state index in [1.54, 1.807) is 12.1 Å². The number of carbonyl (C=O) groups excluding carboxylic acids is 1. The number of amides is 1. The SMILES string of the molecule is N#Cc1cc(NCCC(N)=O)ccn1. The quantitative estimate of drug-likeness (QED) is 0.711. The molecule has 0 atom stereocenters. The van der Waals surface area contributed by atoms with Gasteiger partial charge in [-0.15, -0.1) is 0 Å². The minimum absolute atomic E-state index is 0.268. The van der Waals surface area contributed by atoms with Crippen LogP contribution >= 0.6 is 0 Å². The number of anilines is 1. The van der Waals surface area contributed by atoms with Crippen molar-refractivity contribution in [1.29, 1.82) is 5.26 Å². The lowest BCUT2D eigenvalue weighted by Crippen LogP contribution is -2.15. The van der Waals surface area contributed by atoms with Crippen LogP contribution in [0.3, 0.4) is 0 Å². The highest BCUT2D eigenvalue weighted by Crippen LogP contribution is 2.06. The molecule has 14 heavy (non-hydrogen) atoms. The number of aromatic nitrogens is 1. The van der Waals surface area contributed by atoms with E-state index in [-0.39, 0.29) is 12.3 Å². The summed E-state index contributed by atoms with van der Waals surface area (Å²) in [7, 11) is 0. The van der Waals surface area contributed by atoms with Crippen molar-refractivity contribution in [1.82, 2.24) is 4.98 Å². The van der Waals surface area contributed by atoms with Gasteiger partial charge in [0.25, 0.3) is 0 Å². The summed E-state index contributed by atoms with van der Waals surface area (Å²) in [5, 5.41) is 11.5. The van der Waals surface area contributed by atoms with Crippen molar-refractivity contribution >= 4 is 11.6 Å². The highest BCUT2D eigenvalue weighted by atomic mass is 16.1. The Morgan fingerprint density at radius 3 is 3.14 bits per heavy atom. The second-order valence-corrected chi connectivity index (χ2v) is 2.68. The van der Waals surface area contributed by atoms with Crippen molar-refractivity contribution in [2.45, 2.75) is 6.42 Å². The van der Waals surface area contributed by atoms with Crippen LogP contribution in [0.2, 0.25) is 0 Å². The van der Waals surface area contributed by atoms with E-state index in [0.717, 1.165) is 5.69 Å². The molecule has 0 saturated carbocycles. The number of nitrogens with one attached hydrogen (secondary N) is 1. The van der Waals surface area contributed by atoms with Gasteiger partial charge in [-0.1, -0.05) is 0 Å². The molecule has 1 heterocycles. The van der Waals surface area contributed by atoms with E-state index in [1.165, 1.54) is 6.20 Å². The molecule has 0 unspecified atom stereocenters. The highest BCUT2D eigenvalue weighted by Gasteiger charge is 1.96. The predicted octanol–water partition coefficient (Wildman–Crippen LogP) is 0.241. The van der Waals surface area contributed by atoms with Gasteiger partial charge in [0.2, 0.25) is 5.91 Å². The Labute approximate surface area is 81.6 Å². The Morgan fingerprint density at radius 1 is 1.71 bits per heavy atom. The van der Waals surface area contributed by atoms with Gasteiger partial charge in [-0.3, -0.25) is 4.79 Å². The summed E-state index contributed by atoms with van der Waals surface area (Å²) in [6.45, 7) is 0.463. The lowest BCUT2D eigenvalue weighted by molar-refractivity contribution is -0.117. The van der Waals surface area contributed by atoms with E-state index in [9.17, 15) is 4.79 Å². The van der Waals surface area contributed by atoms with E-state index in [0.29, 0.717) is 12.2 Å². The molecule has 5 nitrogen and oxygen atoms in total. The van der Waals surface area contributed by atoms with Crippen LogP contribution < -0.4 is 11.1 Å². The normalized spacial score (nSPS) is 9.07. The lowest BCUT2D eigenvalue weighted by Gasteiger charge is -2.03. The highest BCUT2D eigenvalue weighted by molar-refractivity contribution is 5.74. The second-order valence-electron chi connectivity index (χ2n) is 2.68. The van der Waals surface area contributed by atoms with Gasteiger partial charge in [-0.2, -0.15) is 5.26 Å². The molecule has 1 rings (SSSR count). The van der Waals surface area contributed by atoms with Crippen molar-refractivity contribution in [2.24, 2.45) is 5.73 Å². The third-order valence-corrected chi connectivity index (χ3v) is 1.58. The molecule has 0 fully saturated rings. The summed E-state index contributed by atoms with van der Waals surface area (Å²) in [5.74, 6) is -0.355. The maximum absolute atomic E-state index is 10.4. The first-order valence-electron chi connectivity index (χ1n) is 4.10. The Hall–Kier alpha value is -2.09. The average molecular weight is 190 g/mol. The first-order valence-corrected chi connectivity index (χ1v) is 4.10. The molecule has 0 aromatic carbocycles. The molecule has 0 aliphatic carbocycles. The lowest BCUT2D eigenvalue weighted by atomic mass is 10.3. The summed E-state index contributed by atoms with van der Waals surface area (Å²) in [5.41, 5.74) is 6.07. The summed E-state index contributed by atoms with van der Waals surface area (Å²) in [6.07, 6.45) is 1.80. The zero-order valence-corrected chi connectivity index (χ0v) is 7.53. The zero-order valence-electron chi connectivity index (χ0n) is 7.53. The first kappa shape index (κ1) is 9.99. The van der Waals surface area contributed by atoms with Crippen LogP contribution in [0.4, 0.5) is 5.69 Å². The van der Waals surface area contributed by atoms with Gasteiger partial charge >= 0.3 is 0 Å². The molecular weight excluding hydrogens is 180 g/mol. The van der Waals surface area contributed by atoms with Crippen LogP contribution in [-0.4, -0.2) is 17.4 Å². The number of primary amides is 1. The number of nitrogens with two attached hydrogens (primary N) is 1. The van der Waals surface area contributed by atoms with Crippen molar-refractivity contribution in [3.05, 3.63) is 24.0 Å². The van der Waals surface area contributed by atoms with Crippen LogP contribution in [0.1, 0.15) is 12.1 Å². The molecule has 0 radical (unpaired) electrons. The molecule has 5 heteroatoms. The Balaban J connectivity index is 2.51. The fourth-order valence-corrected chi connectivity index (χ4v) is 0.932. The van der Waals surface area contributed by atoms with Gasteiger partial charge < -0.3 is 11.1 Å². The number of pyridine rings is 1. The minimum Gasteiger partial charge on any atom is -0.384 e. The fourth-order valence-electron chi connectivity index (χ4n) is 0.932. The number of nitrogens with zero attached hydrogens (tertiary/aromatic N) is 2. The minimum atomic E-state index is -0.355. The standard InChI is InChI=1S/C9H10N4O/c10-6-8-5-7(1-3-13-8)12-4-2-9(11)14/h1,3,5H,2,4H2,(H2,11,14)(H,12,13). The zero-order chi connectivity index (χ0) is 10.4. The van der Waals surface area contributed by atoms with Crippen LogP contribution in [0, 0.1) is 11.3 Å². The van der Waals surface area contributed by atoms with E-state index in [2.05, 4.69) is 10.3 Å². The first-order chi connectivity index (χ1) is 6.72. The van der Waals surface area contributed by atoms with Gasteiger partial charge in [0.1, 0.15) is 11.8 Å². The van der Waals surface area contributed by atoms with E-state index in [4.69, 9.17) is 11.0 Å². The fraction of sp³-hybridized carbons (Fsp3) is 0.222. The molecule has 1 amide bonds. The smallest absolute Gasteiger partial charge is 0.219 e. The molecule has 0 bridgehead atoms. The molecular formula is C9H10N4O. The van der Waals surface area contributed by atoms with E-state index in [1.807, 2.05) is 6.07 Å². The monoisotopic (exact) mass is 190 g/mol. The van der Waals surface area contributed by atoms with Crippen LogP contribution in [0.5, 0.6) is 0 Å². The maximum atomic E-state index is 10.4. The molecule has 1 aromatic rings. The number of nitriles is 1. The number of rotatable bonds is 4. The predicted molar refractivity (Wildman–Crippen MR) is 51.3 cm³/mol. The molecule has 72 valence electrons. The van der Waals surface area contributed by atoms with Crippen molar-refractivity contribution in [3.8, 4) is 6.07 Å². The van der Waals surface area contributed by atoms with Crippen molar-refractivity contribution in [2.75, 3.05) is 11.9 Å². The average Bonchev–Trinajstić information content (AvgIpc) is 2.18. The third-order valence-electron chi connectivity index (χ3n) is 1.58. The topological polar surface area (TPSA) is 91.8 Å². The molecule has 1 aromatic heterocycles. The van der Waals surface area contributed by atoms with Gasteiger partial charge in [-0.25, -0.2) is 4.98 Å². The molecule has 0 spiro atoms. The molecule has 0 saturated heterocycles. The molecule has 3 N–H and O–H groups in total. The summed E-state index contributed by atoms with van der Waals surface area (Å²) in [6, 6.07) is 5.26. The Kier molecular flexibility index (Phi) is 3.44. The Morgan fingerprint density at radius 2 is 2.50 bits per heavy atom. The number of carbonyl (C=O) groups is 1. The van der Waals surface area contributed by atoms with Crippen LogP contribution in [0.15, 0.2) is 18.3 Å².